The predicted octanol–water partition coefficient (Wildman–Crippen LogP) is -0.794. The van der Waals surface area contributed by atoms with Crippen molar-refractivity contribution in [3.63, 3.8) is 0 Å². The standard InChI is InChI=1S/CH2O2S.H4N2/c2-1(3)4;1-2/h(H2,2,3,4);1-2H2. The minimum Gasteiger partial charge on any atom is -0.473 e. The molecule has 0 aromatic rings. The van der Waals surface area contributed by atoms with Crippen molar-refractivity contribution in [2.75, 3.05) is 0 Å². The molecule has 0 fully saturated rings. The van der Waals surface area contributed by atoms with Gasteiger partial charge in [-0.2, -0.15) is 0 Å². The smallest absolute Gasteiger partial charge is 0.347 e. The van der Waals surface area contributed by atoms with E-state index in [4.69, 9.17) is 10.2 Å². The van der Waals surface area contributed by atoms with Gasteiger partial charge in [0.15, 0.2) is 0 Å². The molecule has 0 radical (unpaired) electrons. The minimum absolute atomic E-state index is 1.000. The summed E-state index contributed by atoms with van der Waals surface area (Å²) < 4.78 is 0. The van der Waals surface area contributed by atoms with Crippen LogP contribution in [0, 0.1) is 0 Å². The molecular formula is CH6N2O2S. The number of nitrogens with two attached hydrogens (primary N) is 2. The number of hydrazine groups is 1. The van der Waals surface area contributed by atoms with Crippen molar-refractivity contribution in [2.45, 2.75) is 0 Å². The van der Waals surface area contributed by atoms with E-state index >= 15 is 0 Å². The van der Waals surface area contributed by atoms with E-state index < -0.39 is 5.24 Å². The van der Waals surface area contributed by atoms with Gasteiger partial charge in [-0.15, -0.1) is 0 Å². The molecule has 0 unspecified atom stereocenters. The summed E-state index contributed by atoms with van der Waals surface area (Å²) in [6.07, 6.45) is 0. The van der Waals surface area contributed by atoms with Crippen LogP contribution in [0.4, 0.5) is 0 Å². The van der Waals surface area contributed by atoms with Crippen LogP contribution in [0.15, 0.2) is 0 Å². The van der Waals surface area contributed by atoms with E-state index in [0.717, 1.165) is 0 Å². The van der Waals surface area contributed by atoms with E-state index in [2.05, 4.69) is 23.9 Å². The fraction of sp³-hybridized carbons (Fsp3) is 0. The van der Waals surface area contributed by atoms with E-state index in [9.17, 15) is 0 Å². The molecule has 0 amide bonds. The molecule has 0 saturated heterocycles. The fourth-order valence-corrected chi connectivity index (χ4v) is 0. The second kappa shape index (κ2) is 8.82. The maximum Gasteiger partial charge on any atom is 0.347 e. The first-order valence-corrected chi connectivity index (χ1v) is 1.39. The second-order valence-electron chi connectivity index (χ2n) is 0.283. The maximum absolute atomic E-state index is 7.34. The Morgan fingerprint density at radius 3 is 1.33 bits per heavy atom. The van der Waals surface area contributed by atoms with E-state index in [1.54, 1.807) is 0 Å². The normalized spacial score (nSPS) is 5.00. The Morgan fingerprint density at radius 1 is 1.33 bits per heavy atom. The monoisotopic (exact) mass is 110 g/mol. The summed E-state index contributed by atoms with van der Waals surface area (Å²) in [5.41, 5.74) is 0. The molecule has 6 heavy (non-hydrogen) atoms. The van der Waals surface area contributed by atoms with Crippen LogP contribution in [0.3, 0.4) is 0 Å². The molecule has 0 aliphatic carbocycles. The highest BCUT2D eigenvalue weighted by atomic mass is 32.1. The zero-order chi connectivity index (χ0) is 5.58. The van der Waals surface area contributed by atoms with Crippen LogP contribution >= 0.6 is 12.2 Å². The fourth-order valence-electron chi connectivity index (χ4n) is 0. The lowest BCUT2D eigenvalue weighted by molar-refractivity contribution is 0.386. The first-order chi connectivity index (χ1) is 2.73. The third kappa shape index (κ3) is 162. The Bertz CT molecular complexity index is 34.5. The highest BCUT2D eigenvalue weighted by molar-refractivity contribution is 7.79. The van der Waals surface area contributed by atoms with Gasteiger partial charge in [0.25, 0.3) is 0 Å². The molecule has 0 aliphatic rings. The highest BCUT2D eigenvalue weighted by Gasteiger charge is 1.62. The Hall–Kier alpha value is -0.390. The van der Waals surface area contributed by atoms with E-state index in [1.807, 2.05) is 0 Å². The zero-order valence-corrected chi connectivity index (χ0v) is 3.77. The van der Waals surface area contributed by atoms with Crippen LogP contribution in [-0.2, 0) is 0 Å². The largest absolute Gasteiger partial charge is 0.473 e. The summed E-state index contributed by atoms with van der Waals surface area (Å²) in [7, 11) is 0. The lowest BCUT2D eigenvalue weighted by atomic mass is 11.5. The molecule has 0 atom stereocenters. The molecule has 0 rings (SSSR count). The van der Waals surface area contributed by atoms with Crippen molar-refractivity contribution in [2.24, 2.45) is 11.7 Å². The number of rotatable bonds is 0. The SMILES string of the molecule is NN.OC(O)=S. The summed E-state index contributed by atoms with van der Waals surface area (Å²) in [4.78, 5) is 0. The van der Waals surface area contributed by atoms with Crippen molar-refractivity contribution in [1.82, 2.24) is 0 Å². The number of aliphatic hydroxyl groups excluding tert-OH is 1. The van der Waals surface area contributed by atoms with Crippen LogP contribution in [0.1, 0.15) is 0 Å². The second-order valence-corrected chi connectivity index (χ2v) is 0.648. The Morgan fingerprint density at radius 2 is 1.33 bits per heavy atom. The molecule has 4 nitrogen and oxygen atoms in total. The van der Waals surface area contributed by atoms with Gasteiger partial charge in [-0.1, -0.05) is 0 Å². The van der Waals surface area contributed by atoms with Crippen molar-refractivity contribution >= 4 is 17.5 Å². The van der Waals surface area contributed by atoms with Crippen LogP contribution in [-0.4, -0.2) is 15.4 Å². The van der Waals surface area contributed by atoms with Crippen molar-refractivity contribution in [3.8, 4) is 0 Å². The minimum atomic E-state index is -1.000. The number of hydrogen-bond acceptors (Lipinski definition) is 3. The van der Waals surface area contributed by atoms with Gasteiger partial charge in [-0.25, -0.2) is 0 Å². The van der Waals surface area contributed by atoms with Gasteiger partial charge in [-0.3, -0.25) is 11.7 Å². The number of hydrogen-bond donors (Lipinski definition) is 4. The summed E-state index contributed by atoms with van der Waals surface area (Å²) in [6, 6.07) is 0. The van der Waals surface area contributed by atoms with Crippen molar-refractivity contribution in [3.05, 3.63) is 0 Å². The number of thiocarbonyl (C=S) groups is 1. The first kappa shape index (κ1) is 9.15. The van der Waals surface area contributed by atoms with Crippen LogP contribution in [0.25, 0.3) is 0 Å². The van der Waals surface area contributed by atoms with Crippen LogP contribution in [0.5, 0.6) is 0 Å². The maximum atomic E-state index is 7.34. The van der Waals surface area contributed by atoms with Gasteiger partial charge in [0, 0.05) is 12.2 Å². The molecular weight excluding hydrogens is 104 g/mol. The first-order valence-electron chi connectivity index (χ1n) is 0.985. The zero-order valence-electron chi connectivity index (χ0n) is 2.96. The lowest BCUT2D eigenvalue weighted by Gasteiger charge is -1.65. The van der Waals surface area contributed by atoms with Crippen LogP contribution in [0.2, 0.25) is 0 Å². The van der Waals surface area contributed by atoms with Gasteiger partial charge in [0.1, 0.15) is 0 Å². The van der Waals surface area contributed by atoms with Crippen molar-refractivity contribution < 1.29 is 10.2 Å². The molecule has 0 saturated carbocycles. The summed E-state index contributed by atoms with van der Waals surface area (Å²) >= 11 is 3.65. The van der Waals surface area contributed by atoms with Gasteiger partial charge >= 0.3 is 5.24 Å². The molecule has 5 heteroatoms. The molecule has 0 aromatic heterocycles. The lowest BCUT2D eigenvalue weighted by Crippen LogP contribution is -2.02. The molecule has 0 bridgehead atoms. The van der Waals surface area contributed by atoms with Crippen molar-refractivity contribution in [1.29, 1.82) is 0 Å². The van der Waals surface area contributed by atoms with E-state index in [1.165, 1.54) is 0 Å². The molecule has 0 aliphatic heterocycles. The van der Waals surface area contributed by atoms with Crippen LogP contribution < -0.4 is 11.7 Å². The van der Waals surface area contributed by atoms with Gasteiger partial charge in [0.05, 0.1) is 0 Å². The average Bonchev–Trinajstić information content (AvgIpc) is 1.41. The molecule has 0 spiro atoms. The molecule has 38 valence electrons. The van der Waals surface area contributed by atoms with Gasteiger partial charge in [-0.05, 0) is 0 Å². The highest BCUT2D eigenvalue weighted by Crippen LogP contribution is 1.47. The van der Waals surface area contributed by atoms with Gasteiger partial charge < -0.3 is 10.2 Å². The third-order valence-corrected chi connectivity index (χ3v) is 0. The summed E-state index contributed by atoms with van der Waals surface area (Å²) in [6.45, 7) is 0. The Labute approximate surface area is 40.3 Å². The molecule has 0 aromatic carbocycles. The number of aliphatic hydroxyl groups is 2. The molecule has 0 heterocycles. The molecule has 6 N–H and O–H groups in total. The third-order valence-electron chi connectivity index (χ3n) is 0. The Balaban J connectivity index is 0. The average molecular weight is 110 g/mol. The quantitative estimate of drug-likeness (QED) is 0.186. The van der Waals surface area contributed by atoms with Gasteiger partial charge in [0.2, 0.25) is 0 Å². The summed E-state index contributed by atoms with van der Waals surface area (Å²) in [5, 5.41) is 13.7. The predicted molar refractivity (Wildman–Crippen MR) is 26.2 cm³/mol. The van der Waals surface area contributed by atoms with E-state index in [-0.39, 0.29) is 0 Å². The summed E-state index contributed by atoms with van der Waals surface area (Å²) in [5.74, 6) is 8.00. The Kier molecular flexibility index (Phi) is 13.4. The topological polar surface area (TPSA) is 92.5 Å². The van der Waals surface area contributed by atoms with E-state index in [0.29, 0.717) is 0 Å².